The summed E-state index contributed by atoms with van der Waals surface area (Å²) >= 11 is 2.80. The lowest BCUT2D eigenvalue weighted by molar-refractivity contribution is -0.132. The third-order valence-electron chi connectivity index (χ3n) is 7.27. The Morgan fingerprint density at radius 2 is 1.59 bits per heavy atom. The molecule has 1 fully saturated rings. The molecule has 1 aromatic heterocycles. The highest BCUT2D eigenvalue weighted by Crippen LogP contribution is 2.44. The molecular weight excluding hydrogens is 551 g/mol. The van der Waals surface area contributed by atoms with Gasteiger partial charge in [-0.05, 0) is 54.5 Å². The number of aliphatic hydroxyl groups is 1. The molecule has 1 N–H and O–H groups in total. The predicted octanol–water partition coefficient (Wildman–Crippen LogP) is 7.68. The molecule has 8 heteroatoms. The van der Waals surface area contributed by atoms with Crippen LogP contribution in [0.4, 0.5) is 5.13 Å². The van der Waals surface area contributed by atoms with Crippen molar-refractivity contribution in [3.8, 4) is 0 Å². The normalized spacial score (nSPS) is 16.9. The smallest absolute Gasteiger partial charge is 0.301 e. The molecule has 3 aromatic carbocycles. The number of thioether (sulfide) groups is 1. The van der Waals surface area contributed by atoms with Gasteiger partial charge < -0.3 is 5.11 Å². The molecule has 1 aliphatic heterocycles. The van der Waals surface area contributed by atoms with Crippen LogP contribution in [0.3, 0.4) is 0 Å². The number of carbonyl (C=O) groups excluding carboxylic acids is 2. The van der Waals surface area contributed by atoms with Gasteiger partial charge in [-0.1, -0.05) is 116 Å². The van der Waals surface area contributed by atoms with Gasteiger partial charge in [0.1, 0.15) is 5.76 Å². The Hall–Kier alpha value is -3.75. The zero-order valence-corrected chi connectivity index (χ0v) is 25.7. The van der Waals surface area contributed by atoms with E-state index in [-0.39, 0.29) is 16.7 Å². The van der Waals surface area contributed by atoms with Gasteiger partial charge in [-0.25, -0.2) is 0 Å². The van der Waals surface area contributed by atoms with Gasteiger partial charge in [-0.2, -0.15) is 0 Å². The van der Waals surface area contributed by atoms with E-state index >= 15 is 0 Å². The van der Waals surface area contributed by atoms with Crippen LogP contribution in [0.1, 0.15) is 65.8 Å². The zero-order valence-electron chi connectivity index (χ0n) is 24.1. The lowest BCUT2D eigenvalue weighted by Crippen LogP contribution is -2.29. The average Bonchev–Trinajstić information content (AvgIpc) is 3.51. The SMILES string of the molecule is Cc1ccc(CSc2nnc(N3C(=O)C(=O)C(=C(O)c4cc(C)ccc4C)C3c3ccc(C(C)(C)C)cc3)s2)cc1. The molecule has 41 heavy (non-hydrogen) atoms. The zero-order chi connectivity index (χ0) is 29.5. The van der Waals surface area contributed by atoms with Crippen molar-refractivity contribution in [3.05, 3.63) is 111 Å². The minimum atomic E-state index is -0.841. The maximum absolute atomic E-state index is 13.6. The van der Waals surface area contributed by atoms with Crippen molar-refractivity contribution in [1.29, 1.82) is 0 Å². The van der Waals surface area contributed by atoms with Gasteiger partial charge in [-0.3, -0.25) is 14.5 Å². The summed E-state index contributed by atoms with van der Waals surface area (Å²) in [6.45, 7) is 12.2. The van der Waals surface area contributed by atoms with Crippen LogP contribution in [0.25, 0.3) is 5.76 Å². The molecule has 1 aliphatic rings. The fourth-order valence-corrected chi connectivity index (χ4v) is 6.66. The van der Waals surface area contributed by atoms with Crippen LogP contribution in [-0.4, -0.2) is 27.0 Å². The van der Waals surface area contributed by atoms with E-state index in [2.05, 4.69) is 62.2 Å². The first-order valence-electron chi connectivity index (χ1n) is 13.4. The van der Waals surface area contributed by atoms with Crippen LogP contribution in [0.5, 0.6) is 0 Å². The highest BCUT2D eigenvalue weighted by molar-refractivity contribution is 8.00. The summed E-state index contributed by atoms with van der Waals surface area (Å²) in [5.41, 5.74) is 6.47. The second-order valence-electron chi connectivity index (χ2n) is 11.5. The number of hydrogen-bond acceptors (Lipinski definition) is 7. The van der Waals surface area contributed by atoms with Crippen molar-refractivity contribution >= 4 is 45.7 Å². The second-order valence-corrected chi connectivity index (χ2v) is 13.7. The number of aromatic nitrogens is 2. The lowest BCUT2D eigenvalue weighted by atomic mass is 9.85. The van der Waals surface area contributed by atoms with Crippen molar-refractivity contribution < 1.29 is 14.7 Å². The van der Waals surface area contributed by atoms with E-state index in [4.69, 9.17) is 0 Å². The molecule has 1 amide bonds. The minimum absolute atomic E-state index is 0.0521. The first-order valence-corrected chi connectivity index (χ1v) is 15.2. The summed E-state index contributed by atoms with van der Waals surface area (Å²) in [5, 5.41) is 20.6. The van der Waals surface area contributed by atoms with E-state index in [1.54, 1.807) is 0 Å². The molecule has 6 nitrogen and oxygen atoms in total. The molecule has 1 saturated heterocycles. The number of amides is 1. The Labute approximate surface area is 249 Å². The molecule has 0 bridgehead atoms. The second kappa shape index (κ2) is 11.3. The van der Waals surface area contributed by atoms with Crippen LogP contribution in [0.15, 0.2) is 76.6 Å². The summed E-state index contributed by atoms with van der Waals surface area (Å²) in [5.74, 6) is -0.946. The van der Waals surface area contributed by atoms with Crippen molar-refractivity contribution in [1.82, 2.24) is 10.2 Å². The molecular formula is C33H33N3O3S2. The van der Waals surface area contributed by atoms with E-state index in [9.17, 15) is 14.7 Å². The van der Waals surface area contributed by atoms with E-state index in [1.165, 1.54) is 33.6 Å². The van der Waals surface area contributed by atoms with Gasteiger partial charge in [0, 0.05) is 11.3 Å². The Kier molecular flexibility index (Phi) is 7.90. The van der Waals surface area contributed by atoms with Gasteiger partial charge in [0.2, 0.25) is 5.13 Å². The van der Waals surface area contributed by atoms with Gasteiger partial charge in [0.05, 0.1) is 11.6 Å². The van der Waals surface area contributed by atoms with Crippen molar-refractivity contribution in [3.63, 3.8) is 0 Å². The quantitative estimate of drug-likeness (QED) is 0.0824. The molecule has 4 aromatic rings. The molecule has 0 radical (unpaired) electrons. The predicted molar refractivity (Wildman–Crippen MR) is 166 cm³/mol. The maximum Gasteiger partial charge on any atom is 0.301 e. The standard InChI is InChI=1S/C33H33N3O3S2/c1-19-8-11-22(12-9-19)18-40-32-35-34-31(41-32)36-27(23-13-15-24(16-14-23)33(4,5)6)26(29(38)30(36)39)28(37)25-17-20(2)7-10-21(25)3/h7-17,27,37H,18H2,1-6H3. The first-order chi connectivity index (χ1) is 19.4. The van der Waals surface area contributed by atoms with Gasteiger partial charge in [-0.15, -0.1) is 10.2 Å². The number of nitrogens with zero attached hydrogens (tertiary/aromatic N) is 3. The van der Waals surface area contributed by atoms with Crippen LogP contribution < -0.4 is 4.90 Å². The number of rotatable bonds is 6. The monoisotopic (exact) mass is 583 g/mol. The molecule has 1 atom stereocenters. The van der Waals surface area contributed by atoms with Crippen molar-refractivity contribution in [2.24, 2.45) is 0 Å². The topological polar surface area (TPSA) is 83.4 Å². The summed E-state index contributed by atoms with van der Waals surface area (Å²) in [6, 6.07) is 21.0. The molecule has 0 spiro atoms. The summed E-state index contributed by atoms with van der Waals surface area (Å²) in [4.78, 5) is 28.6. The lowest BCUT2D eigenvalue weighted by Gasteiger charge is -2.24. The maximum atomic E-state index is 13.6. The fourth-order valence-electron chi connectivity index (χ4n) is 4.83. The van der Waals surface area contributed by atoms with E-state index in [0.29, 0.717) is 26.4 Å². The van der Waals surface area contributed by atoms with Crippen LogP contribution in [0.2, 0.25) is 0 Å². The van der Waals surface area contributed by atoms with E-state index < -0.39 is 17.7 Å². The van der Waals surface area contributed by atoms with Gasteiger partial charge in [0.15, 0.2) is 4.34 Å². The molecule has 1 unspecified atom stereocenters. The van der Waals surface area contributed by atoms with Gasteiger partial charge >= 0.3 is 5.91 Å². The van der Waals surface area contributed by atoms with Crippen LogP contribution >= 0.6 is 23.1 Å². The number of anilines is 1. The Balaban J connectivity index is 1.57. The number of hydrogen-bond donors (Lipinski definition) is 1. The van der Waals surface area contributed by atoms with Gasteiger partial charge in [0.25, 0.3) is 5.78 Å². The average molecular weight is 584 g/mol. The third kappa shape index (κ3) is 5.85. The van der Waals surface area contributed by atoms with Crippen LogP contribution in [-0.2, 0) is 20.8 Å². The first kappa shape index (κ1) is 28.8. The number of aryl methyl sites for hydroxylation is 3. The fraction of sp³-hybridized carbons (Fsp3) is 0.273. The highest BCUT2D eigenvalue weighted by atomic mass is 32.2. The number of benzene rings is 3. The van der Waals surface area contributed by atoms with Crippen LogP contribution in [0, 0.1) is 20.8 Å². The van der Waals surface area contributed by atoms with Crippen molar-refractivity contribution in [2.75, 3.05) is 4.90 Å². The third-order valence-corrected chi connectivity index (χ3v) is 9.40. The van der Waals surface area contributed by atoms with E-state index in [1.807, 2.05) is 56.3 Å². The number of ketones is 1. The summed E-state index contributed by atoms with van der Waals surface area (Å²) in [7, 11) is 0. The largest absolute Gasteiger partial charge is 0.507 e. The minimum Gasteiger partial charge on any atom is -0.507 e. The highest BCUT2D eigenvalue weighted by Gasteiger charge is 2.48. The molecule has 2 heterocycles. The molecule has 210 valence electrons. The van der Waals surface area contributed by atoms with E-state index in [0.717, 1.165) is 22.3 Å². The number of carbonyl (C=O) groups is 2. The Morgan fingerprint density at radius 3 is 2.24 bits per heavy atom. The Morgan fingerprint density at radius 1 is 0.927 bits per heavy atom. The Bertz CT molecular complexity index is 1650. The molecule has 5 rings (SSSR count). The molecule has 0 saturated carbocycles. The number of Topliss-reactive ketones (excluding diaryl/α,β-unsaturated/α-hetero) is 1. The summed E-state index contributed by atoms with van der Waals surface area (Å²) < 4.78 is 0.693. The molecule has 0 aliphatic carbocycles. The van der Waals surface area contributed by atoms with Crippen molar-refractivity contribution in [2.45, 2.75) is 63.1 Å². The number of aliphatic hydroxyl groups excluding tert-OH is 1. The summed E-state index contributed by atoms with van der Waals surface area (Å²) in [6.07, 6.45) is 0.